The van der Waals surface area contributed by atoms with Gasteiger partial charge in [-0.25, -0.2) is 4.79 Å². The van der Waals surface area contributed by atoms with Gasteiger partial charge in [0.15, 0.2) is 0 Å². The van der Waals surface area contributed by atoms with Crippen molar-refractivity contribution in [2.24, 2.45) is 5.73 Å². The van der Waals surface area contributed by atoms with Crippen molar-refractivity contribution in [1.29, 1.82) is 0 Å². The van der Waals surface area contributed by atoms with Gasteiger partial charge in [0.25, 0.3) is 0 Å². The summed E-state index contributed by atoms with van der Waals surface area (Å²) < 4.78 is 0. The van der Waals surface area contributed by atoms with E-state index in [1.165, 1.54) is 0 Å². The molecule has 38 heavy (non-hydrogen) atoms. The van der Waals surface area contributed by atoms with Gasteiger partial charge in [-0.2, -0.15) is 0 Å². The second kappa shape index (κ2) is 10.3. The third-order valence-electron chi connectivity index (χ3n) is 6.94. The first-order chi connectivity index (χ1) is 18.2. The topological polar surface area (TPSA) is 122 Å². The molecule has 1 heterocycles. The van der Waals surface area contributed by atoms with Crippen LogP contribution in [0.1, 0.15) is 33.9 Å². The molecule has 0 fully saturated rings. The average molecular weight is 529 g/mol. The standard InChI is InChI=1S/C29H28N4O4S/c1-18-6-8-19(9-7-18)25-13-27(36)33(23-4-2-3-5-24(23)38-25)16-26(35)31-22-11-10-20-14-29(17-34,32-28(30)37)15-21(20)12-22/h2-12,17,25H,13-16H2,1H3,(H,31,35)(H3,30,32,37). The highest BCUT2D eigenvalue weighted by atomic mass is 32.2. The molecular formula is C29H28N4O4S. The number of rotatable bonds is 6. The predicted octanol–water partition coefficient (Wildman–Crippen LogP) is 3.91. The first-order valence-corrected chi connectivity index (χ1v) is 13.2. The van der Waals surface area contributed by atoms with Gasteiger partial charge in [-0.1, -0.05) is 48.0 Å². The number of nitrogens with zero attached hydrogens (tertiary/aromatic N) is 1. The van der Waals surface area contributed by atoms with E-state index in [1.807, 2.05) is 49.4 Å². The zero-order chi connectivity index (χ0) is 26.9. The monoisotopic (exact) mass is 528 g/mol. The number of hydrogen-bond donors (Lipinski definition) is 3. The number of carbonyl (C=O) groups is 4. The van der Waals surface area contributed by atoms with Gasteiger partial charge in [0.1, 0.15) is 18.4 Å². The lowest BCUT2D eigenvalue weighted by atomic mass is 9.98. The minimum Gasteiger partial charge on any atom is -0.352 e. The number of hydrogen-bond acceptors (Lipinski definition) is 5. The average Bonchev–Trinajstić information content (AvgIpc) is 3.18. The lowest BCUT2D eigenvalue weighted by molar-refractivity contribution is -0.121. The Labute approximate surface area is 225 Å². The van der Waals surface area contributed by atoms with Crippen LogP contribution in [0, 0.1) is 6.92 Å². The lowest BCUT2D eigenvalue weighted by Crippen LogP contribution is -2.52. The van der Waals surface area contributed by atoms with Crippen molar-refractivity contribution < 1.29 is 19.2 Å². The molecule has 0 saturated heterocycles. The summed E-state index contributed by atoms with van der Waals surface area (Å²) in [5.41, 5.74) is 9.43. The lowest BCUT2D eigenvalue weighted by Gasteiger charge is -2.22. The number of urea groups is 1. The van der Waals surface area contributed by atoms with Crippen molar-refractivity contribution in [1.82, 2.24) is 5.32 Å². The molecule has 2 atom stereocenters. The molecule has 4 amide bonds. The summed E-state index contributed by atoms with van der Waals surface area (Å²) >= 11 is 1.63. The molecule has 0 saturated carbocycles. The molecule has 1 aliphatic carbocycles. The van der Waals surface area contributed by atoms with E-state index in [0.29, 0.717) is 18.4 Å². The van der Waals surface area contributed by atoms with Gasteiger partial charge in [0, 0.05) is 35.1 Å². The fraction of sp³-hybridized carbons (Fsp3) is 0.241. The molecule has 8 nitrogen and oxygen atoms in total. The van der Waals surface area contributed by atoms with Crippen LogP contribution in [-0.2, 0) is 27.2 Å². The van der Waals surface area contributed by atoms with Crippen molar-refractivity contribution in [3.05, 3.63) is 89.0 Å². The number of benzene rings is 3. The number of para-hydroxylation sites is 1. The van der Waals surface area contributed by atoms with Gasteiger partial charge in [0.2, 0.25) is 11.8 Å². The van der Waals surface area contributed by atoms with Gasteiger partial charge in [0.05, 0.1) is 5.69 Å². The number of fused-ring (bicyclic) bond motifs is 2. The number of amides is 4. The van der Waals surface area contributed by atoms with Gasteiger partial charge < -0.3 is 26.1 Å². The van der Waals surface area contributed by atoms with E-state index < -0.39 is 11.6 Å². The minimum atomic E-state index is -1.08. The summed E-state index contributed by atoms with van der Waals surface area (Å²) in [5, 5.41) is 5.37. The van der Waals surface area contributed by atoms with E-state index in [1.54, 1.807) is 28.8 Å². The Balaban J connectivity index is 1.32. The molecular weight excluding hydrogens is 500 g/mol. The van der Waals surface area contributed by atoms with E-state index in [-0.39, 0.29) is 36.5 Å². The third kappa shape index (κ3) is 5.28. The quantitative estimate of drug-likeness (QED) is 0.419. The van der Waals surface area contributed by atoms with E-state index in [0.717, 1.165) is 32.8 Å². The molecule has 5 rings (SSSR count). The molecule has 9 heteroatoms. The Morgan fingerprint density at radius 3 is 2.55 bits per heavy atom. The number of aryl methyl sites for hydroxylation is 1. The highest BCUT2D eigenvalue weighted by Gasteiger charge is 2.38. The number of nitrogens with one attached hydrogen (secondary N) is 2. The van der Waals surface area contributed by atoms with Crippen LogP contribution >= 0.6 is 11.8 Å². The van der Waals surface area contributed by atoms with Gasteiger partial charge in [-0.05, 0) is 47.9 Å². The predicted molar refractivity (Wildman–Crippen MR) is 147 cm³/mol. The van der Waals surface area contributed by atoms with Crippen LogP contribution in [0.5, 0.6) is 0 Å². The second-order valence-corrected chi connectivity index (χ2v) is 11.1. The van der Waals surface area contributed by atoms with Crippen LogP contribution in [0.25, 0.3) is 0 Å². The third-order valence-corrected chi connectivity index (χ3v) is 8.26. The molecule has 3 aromatic rings. The molecule has 0 aromatic heterocycles. The zero-order valence-electron chi connectivity index (χ0n) is 20.9. The molecule has 2 unspecified atom stereocenters. The Kier molecular flexibility index (Phi) is 6.94. The molecule has 0 spiro atoms. The molecule has 2 aliphatic rings. The summed E-state index contributed by atoms with van der Waals surface area (Å²) in [6.07, 6.45) is 1.60. The molecule has 1 aliphatic heterocycles. The van der Waals surface area contributed by atoms with Crippen LogP contribution in [0.2, 0.25) is 0 Å². The Morgan fingerprint density at radius 2 is 1.82 bits per heavy atom. The zero-order valence-corrected chi connectivity index (χ0v) is 21.7. The largest absolute Gasteiger partial charge is 0.352 e. The fourth-order valence-corrected chi connectivity index (χ4v) is 6.37. The van der Waals surface area contributed by atoms with E-state index >= 15 is 0 Å². The maximum absolute atomic E-state index is 13.4. The van der Waals surface area contributed by atoms with Gasteiger partial charge in [-0.3, -0.25) is 9.59 Å². The number of carbonyl (C=O) groups excluding carboxylic acids is 4. The van der Waals surface area contributed by atoms with E-state index in [9.17, 15) is 19.2 Å². The van der Waals surface area contributed by atoms with Crippen molar-refractivity contribution >= 4 is 47.3 Å². The van der Waals surface area contributed by atoms with Crippen LogP contribution in [0.3, 0.4) is 0 Å². The normalized spacial score (nSPS) is 20.2. The Hall–Kier alpha value is -4.11. The minimum absolute atomic E-state index is 0.0545. The number of nitrogens with two attached hydrogens (primary N) is 1. The summed E-state index contributed by atoms with van der Waals surface area (Å²) in [5.74, 6) is -0.452. The fourth-order valence-electron chi connectivity index (χ4n) is 5.09. The van der Waals surface area contributed by atoms with Gasteiger partial charge in [-0.15, -0.1) is 11.8 Å². The van der Waals surface area contributed by atoms with Gasteiger partial charge >= 0.3 is 6.03 Å². The Bertz CT molecular complexity index is 1420. The van der Waals surface area contributed by atoms with Crippen LogP contribution < -0.4 is 21.3 Å². The molecule has 4 N–H and O–H groups in total. The smallest absolute Gasteiger partial charge is 0.312 e. The van der Waals surface area contributed by atoms with Crippen LogP contribution in [0.15, 0.2) is 71.6 Å². The Morgan fingerprint density at radius 1 is 1.08 bits per heavy atom. The number of thioether (sulfide) groups is 1. The first-order valence-electron chi connectivity index (χ1n) is 12.3. The highest BCUT2D eigenvalue weighted by molar-refractivity contribution is 7.99. The second-order valence-electron chi connectivity index (χ2n) is 9.82. The van der Waals surface area contributed by atoms with Crippen molar-refractivity contribution in [3.8, 4) is 0 Å². The molecule has 0 radical (unpaired) electrons. The highest BCUT2D eigenvalue weighted by Crippen LogP contribution is 2.45. The van der Waals surface area contributed by atoms with Crippen molar-refractivity contribution in [2.75, 3.05) is 16.8 Å². The van der Waals surface area contributed by atoms with Crippen molar-refractivity contribution in [3.63, 3.8) is 0 Å². The number of aldehydes is 1. The summed E-state index contributed by atoms with van der Waals surface area (Å²) in [6, 6.07) is 20.4. The number of primary amides is 1. The van der Waals surface area contributed by atoms with Crippen molar-refractivity contribution in [2.45, 2.75) is 41.9 Å². The molecule has 0 bridgehead atoms. The molecule has 3 aromatic carbocycles. The maximum atomic E-state index is 13.4. The summed E-state index contributed by atoms with van der Waals surface area (Å²) in [6.45, 7) is 1.90. The van der Waals surface area contributed by atoms with Crippen LogP contribution in [0.4, 0.5) is 16.2 Å². The summed E-state index contributed by atoms with van der Waals surface area (Å²) in [4.78, 5) is 52.1. The summed E-state index contributed by atoms with van der Waals surface area (Å²) in [7, 11) is 0. The van der Waals surface area contributed by atoms with E-state index in [2.05, 4.69) is 22.8 Å². The maximum Gasteiger partial charge on any atom is 0.312 e. The van der Waals surface area contributed by atoms with Crippen LogP contribution in [-0.4, -0.2) is 36.2 Å². The molecule has 194 valence electrons. The number of anilines is 2. The van der Waals surface area contributed by atoms with E-state index in [4.69, 9.17) is 5.73 Å². The first kappa shape index (κ1) is 25.5. The SMILES string of the molecule is Cc1ccc(C2CC(=O)N(CC(=O)Nc3ccc4c(c3)CC(C=O)(NC(N)=O)C4)c3ccccc3S2)cc1.